The molecule has 4 heterocycles. The van der Waals surface area contributed by atoms with Crippen LogP contribution in [0.3, 0.4) is 0 Å². The van der Waals surface area contributed by atoms with E-state index < -0.39 is 72.2 Å². The van der Waals surface area contributed by atoms with Crippen molar-refractivity contribution in [2.24, 2.45) is 0 Å². The Morgan fingerprint density at radius 1 is 0.341 bits per heavy atom. The Bertz CT molecular complexity index is 2460. The third kappa shape index (κ3) is 20.7. The van der Waals surface area contributed by atoms with Gasteiger partial charge in [-0.25, -0.2) is 0 Å². The first-order valence-electron chi connectivity index (χ1n) is 25.1. The van der Waals surface area contributed by atoms with E-state index in [-0.39, 0.29) is 114 Å². The molecular weight excluding hydrogens is 1250 g/mol. The van der Waals surface area contributed by atoms with E-state index in [1.54, 1.807) is 0 Å². The van der Waals surface area contributed by atoms with Gasteiger partial charge in [-0.2, -0.15) is 0 Å². The van der Waals surface area contributed by atoms with Crippen LogP contribution in [-0.2, 0) is 122 Å². The van der Waals surface area contributed by atoms with Gasteiger partial charge in [-0.1, -0.05) is 121 Å². The van der Waals surface area contributed by atoms with Gasteiger partial charge in [0.1, 0.15) is 23.6 Å². The first-order chi connectivity index (χ1) is 38.5. The summed E-state index contributed by atoms with van der Waals surface area (Å²) in [6.07, 6.45) is 3.02. The van der Waals surface area contributed by atoms with E-state index in [0.717, 1.165) is 41.9 Å². The van der Waals surface area contributed by atoms with Gasteiger partial charge < -0.3 is 59.8 Å². The molecule has 4 fully saturated rings. The fraction of sp³-hybridized carbons (Fsp3) is 0.357. The van der Waals surface area contributed by atoms with Gasteiger partial charge in [0.25, 0.3) is 0 Å². The minimum Gasteiger partial charge on any atom is -0.469 e. The summed E-state index contributed by atoms with van der Waals surface area (Å²) in [5, 5.41) is 14.4. The molecule has 0 unspecified atom stereocenters. The molecule has 0 aromatic heterocycles. The first kappa shape index (κ1) is 68.0. The van der Waals surface area contributed by atoms with Crippen LogP contribution in [0.4, 0.5) is 19.2 Å². The molecule has 26 heteroatoms. The van der Waals surface area contributed by atoms with Gasteiger partial charge in [0.15, 0.2) is 24.1 Å². The van der Waals surface area contributed by atoms with Crippen LogP contribution in [0.2, 0.25) is 0 Å². The van der Waals surface area contributed by atoms with Crippen molar-refractivity contribution in [3.05, 3.63) is 165 Å². The second-order valence-corrected chi connectivity index (χ2v) is 17.8. The normalized spacial score (nSPS) is 17.3. The number of carbonyl (C=O) groups is 12. The minimum atomic E-state index is -0.895. The molecule has 0 spiro atoms. The smallest absolute Gasteiger partial charge is 0.469 e. The van der Waals surface area contributed by atoms with Crippen LogP contribution >= 0.6 is 0 Å². The third-order valence-electron chi connectivity index (χ3n) is 12.4. The van der Waals surface area contributed by atoms with Crippen molar-refractivity contribution in [1.29, 1.82) is 0 Å². The summed E-state index contributed by atoms with van der Waals surface area (Å²) in [5.74, 6) is -3.70. The van der Waals surface area contributed by atoms with Crippen LogP contribution in [0.5, 0.6) is 0 Å². The topological polar surface area (TPSA) is 311 Å². The molecule has 0 aliphatic carbocycles. The Kier molecular flexibility index (Phi) is 28.9. The monoisotopic (exact) mass is 1310 g/mol. The predicted octanol–water partition coefficient (Wildman–Crippen LogP) is 5.98. The van der Waals surface area contributed by atoms with Gasteiger partial charge in [-0.3, -0.25) is 57.5 Å². The molecular formula is C56H60N8O16Rh2. The number of hydrogen-bond acceptors (Lipinski definition) is 16. The van der Waals surface area contributed by atoms with Gasteiger partial charge >= 0.3 is 62.8 Å². The average molecular weight is 1310 g/mol. The summed E-state index contributed by atoms with van der Waals surface area (Å²) in [4.78, 5) is 143. The molecule has 0 saturated carbocycles. The number of rotatable bonds is 16. The van der Waals surface area contributed by atoms with Gasteiger partial charge in [-0.05, 0) is 74.1 Å². The van der Waals surface area contributed by atoms with Crippen molar-refractivity contribution in [1.82, 2.24) is 19.6 Å². The molecule has 438 valence electrons. The van der Waals surface area contributed by atoms with Gasteiger partial charge in [0, 0.05) is 25.7 Å². The van der Waals surface area contributed by atoms with Gasteiger partial charge in [-0.15, -0.1) is 0 Å². The Balaban J connectivity index is 0.000000285. The molecule has 4 aromatic carbocycles. The molecule has 0 bridgehead atoms. The number of hydrogen-bond donors (Lipinski definition) is 0. The number of nitrogens with zero attached hydrogens (tertiary/aromatic N) is 8. The van der Waals surface area contributed by atoms with Crippen molar-refractivity contribution < 1.29 is 115 Å². The maximum absolute atomic E-state index is 12.0. The number of methoxy groups -OCH3 is 4. The molecule has 4 saturated heterocycles. The number of ether oxygens (including phenoxy) is 4. The number of carbonyl (C=O) groups excluding carboxylic acids is 12. The maximum atomic E-state index is 12.0. The van der Waals surface area contributed by atoms with E-state index >= 15 is 0 Å². The van der Waals surface area contributed by atoms with Crippen molar-refractivity contribution >= 4 is 71.6 Å². The zero-order valence-corrected chi connectivity index (χ0v) is 48.4. The number of benzene rings is 4. The Labute approximate surface area is 499 Å². The molecule has 4 aliphatic rings. The fourth-order valence-corrected chi connectivity index (χ4v) is 7.99. The van der Waals surface area contributed by atoms with Crippen LogP contribution in [0.15, 0.2) is 121 Å². The summed E-state index contributed by atoms with van der Waals surface area (Å²) in [6, 6.07) is 31.8. The average Bonchev–Trinajstić information content (AvgIpc) is 4.32. The second kappa shape index (κ2) is 34.8. The molecule has 2 radical (unpaired) electrons. The molecule has 4 aromatic rings. The standard InChI is InChI=1S/4C14H16N2O4.2Rh/c4*1-20-13(18)11-9-16(14(19)15-11)12(17)8-7-10-5-3-2-4-6-10;;/h4*2-6,11H,7-9H2,1H3,(H,15,19);;/q;;;;2*+2/p-4/t4*11-;;/m0000../s1. The molecule has 4 aliphatic heterocycles. The molecule has 4 atom stereocenters. The number of amides is 12. The maximum Gasteiger partial charge on any atom is 2.00 e. The molecule has 24 nitrogen and oxygen atoms in total. The summed E-state index contributed by atoms with van der Waals surface area (Å²) < 4.78 is 18.1. The van der Waals surface area contributed by atoms with Crippen LogP contribution in [-0.4, -0.2) is 170 Å². The first-order valence-corrected chi connectivity index (χ1v) is 25.1. The largest absolute Gasteiger partial charge is 2.00 e. The SMILES string of the molecule is COC(=O)[C@@H]1CN(C(=O)CCc2ccccc2)C(=O)[N-]1.COC(=O)[C@@H]1CN(C(=O)CCc2ccccc2)C(=O)[N-]1.COC(=O)[C@@H]1CN(C(=O)CCc2ccccc2)C(=O)[N-]1.COC(=O)[C@@H]1CN(C(=O)CCc2ccccc2)C(=O)[N-]1.[Rh+2].[Rh+2]. The van der Waals surface area contributed by atoms with Gasteiger partial charge in [0.05, 0.1) is 52.6 Å². The number of esters is 4. The van der Waals surface area contributed by atoms with E-state index in [0.29, 0.717) is 25.7 Å². The van der Waals surface area contributed by atoms with Crippen LogP contribution in [0, 0.1) is 0 Å². The third-order valence-corrected chi connectivity index (χ3v) is 12.4. The van der Waals surface area contributed by atoms with E-state index in [1.165, 1.54) is 28.4 Å². The molecule has 82 heavy (non-hydrogen) atoms. The second-order valence-electron chi connectivity index (χ2n) is 17.8. The van der Waals surface area contributed by atoms with Gasteiger partial charge in [0.2, 0.25) is 0 Å². The number of urea groups is 4. The molecule has 0 N–H and O–H groups in total. The molecule has 8 rings (SSSR count). The summed E-state index contributed by atoms with van der Waals surface area (Å²) in [5.41, 5.74) is 4.09. The zero-order valence-electron chi connectivity index (χ0n) is 45.1. The molecule has 12 amide bonds. The Morgan fingerprint density at radius 2 is 0.512 bits per heavy atom. The quantitative estimate of drug-likeness (QED) is 0.0707. The minimum absolute atomic E-state index is 0. The van der Waals surface area contributed by atoms with Crippen molar-refractivity contribution in [2.75, 3.05) is 54.6 Å². The van der Waals surface area contributed by atoms with Crippen molar-refractivity contribution in [3.8, 4) is 0 Å². The summed E-state index contributed by atoms with van der Waals surface area (Å²) >= 11 is 0. The van der Waals surface area contributed by atoms with E-state index in [9.17, 15) is 57.5 Å². The van der Waals surface area contributed by atoms with E-state index in [4.69, 9.17) is 0 Å². The number of aryl methyl sites for hydroxylation is 4. The Morgan fingerprint density at radius 3 is 0.671 bits per heavy atom. The number of imide groups is 4. The van der Waals surface area contributed by atoms with Crippen LogP contribution < -0.4 is 0 Å². The van der Waals surface area contributed by atoms with Crippen molar-refractivity contribution in [2.45, 2.75) is 75.5 Å². The van der Waals surface area contributed by atoms with E-state index in [2.05, 4.69) is 40.2 Å². The summed E-state index contributed by atoms with van der Waals surface area (Å²) in [7, 11) is 4.90. The zero-order chi connectivity index (χ0) is 58.1. The predicted molar refractivity (Wildman–Crippen MR) is 284 cm³/mol. The van der Waals surface area contributed by atoms with Crippen LogP contribution in [0.1, 0.15) is 47.9 Å². The van der Waals surface area contributed by atoms with Crippen molar-refractivity contribution in [3.63, 3.8) is 0 Å². The fourth-order valence-electron chi connectivity index (χ4n) is 7.99. The Hall–Kier alpha value is -8.23. The van der Waals surface area contributed by atoms with E-state index in [1.807, 2.05) is 121 Å². The summed E-state index contributed by atoms with van der Waals surface area (Å²) in [6.45, 7) is -0.115. The van der Waals surface area contributed by atoms with Crippen LogP contribution in [0.25, 0.3) is 21.3 Å².